The molecule has 0 unspecified atom stereocenters. The predicted molar refractivity (Wildman–Crippen MR) is 54.7 cm³/mol. The molecule has 0 radical (unpaired) electrons. The number of carbonyl (C=O) groups excluding carboxylic acids is 1. The molecule has 0 aromatic heterocycles. The fourth-order valence-corrected chi connectivity index (χ4v) is 1.12. The first-order valence-electron chi connectivity index (χ1n) is 4.53. The third-order valence-electron chi connectivity index (χ3n) is 1.95. The molecule has 0 saturated carbocycles. The van der Waals surface area contributed by atoms with Crippen molar-refractivity contribution in [1.29, 1.82) is 0 Å². The van der Waals surface area contributed by atoms with Gasteiger partial charge in [-0.1, -0.05) is 0 Å². The number of nitro groups is 1. The first kappa shape index (κ1) is 14.4. The van der Waals surface area contributed by atoms with Crippen LogP contribution in [-0.4, -0.2) is 28.1 Å². The molecule has 0 atom stereocenters. The second-order valence-electron chi connectivity index (χ2n) is 3.24. The lowest BCUT2D eigenvalue weighted by Crippen LogP contribution is -2.30. The molecule has 0 spiro atoms. The van der Waals surface area contributed by atoms with E-state index >= 15 is 0 Å². The Kier molecular flexibility index (Phi) is 3.73. The summed E-state index contributed by atoms with van der Waals surface area (Å²) in [4.78, 5) is 30.9. The number of nitro benzene ring substituents is 1. The lowest BCUT2D eigenvalue weighted by Gasteiger charge is -2.10. The van der Waals surface area contributed by atoms with Gasteiger partial charge in [-0.15, -0.1) is 0 Å². The van der Waals surface area contributed by atoms with E-state index in [-0.39, 0.29) is 0 Å². The molecule has 0 fully saturated rings. The van der Waals surface area contributed by atoms with E-state index < -0.39 is 39.9 Å². The number of carboxylic acids is 1. The number of amides is 1. The van der Waals surface area contributed by atoms with Crippen molar-refractivity contribution in [1.82, 2.24) is 0 Å². The number of halogens is 3. The predicted octanol–water partition coefficient (Wildman–Crippen LogP) is 1.79. The van der Waals surface area contributed by atoms with Crippen molar-refractivity contribution in [2.45, 2.75) is 6.18 Å². The molecular weight excluding hydrogens is 273 g/mol. The number of anilines is 1. The standard InChI is InChI=1S/C9H5F3N2O5/c10-9(11,12)8(17)13-6-2-1-4(14(18)19)3-5(6)7(15)16/h1-3H,(H,13,17)(H,15,16). The minimum absolute atomic E-state index is 0.550. The van der Waals surface area contributed by atoms with Crippen LogP contribution in [0.15, 0.2) is 18.2 Å². The van der Waals surface area contributed by atoms with E-state index in [1.807, 2.05) is 0 Å². The van der Waals surface area contributed by atoms with Gasteiger partial charge in [0, 0.05) is 12.1 Å². The number of nitrogens with zero attached hydrogens (tertiary/aromatic N) is 1. The minimum atomic E-state index is -5.20. The Morgan fingerprint density at radius 2 is 1.89 bits per heavy atom. The van der Waals surface area contributed by atoms with E-state index in [4.69, 9.17) is 5.11 Å². The molecule has 0 aliphatic carbocycles. The second-order valence-corrected chi connectivity index (χ2v) is 3.24. The van der Waals surface area contributed by atoms with E-state index in [2.05, 4.69) is 0 Å². The number of hydrogen-bond acceptors (Lipinski definition) is 4. The summed E-state index contributed by atoms with van der Waals surface area (Å²) in [6.45, 7) is 0. The van der Waals surface area contributed by atoms with Crippen LogP contribution in [0, 0.1) is 10.1 Å². The van der Waals surface area contributed by atoms with E-state index in [9.17, 15) is 32.9 Å². The summed E-state index contributed by atoms with van der Waals surface area (Å²) < 4.78 is 36.0. The van der Waals surface area contributed by atoms with Gasteiger partial charge in [0.2, 0.25) is 0 Å². The number of benzene rings is 1. The summed E-state index contributed by atoms with van der Waals surface area (Å²) in [6, 6.07) is 2.04. The third kappa shape index (κ3) is 3.40. The van der Waals surface area contributed by atoms with Crippen molar-refractivity contribution < 1.29 is 32.8 Å². The Morgan fingerprint density at radius 1 is 1.32 bits per heavy atom. The van der Waals surface area contributed by atoms with Crippen molar-refractivity contribution in [2.24, 2.45) is 0 Å². The number of alkyl halides is 3. The topological polar surface area (TPSA) is 110 Å². The molecule has 10 heteroatoms. The van der Waals surface area contributed by atoms with Gasteiger partial charge in [0.1, 0.15) is 0 Å². The van der Waals surface area contributed by atoms with Gasteiger partial charge in [-0.25, -0.2) is 4.79 Å². The fourth-order valence-electron chi connectivity index (χ4n) is 1.12. The van der Waals surface area contributed by atoms with E-state index in [1.54, 1.807) is 0 Å². The molecule has 0 aliphatic heterocycles. The van der Waals surface area contributed by atoms with E-state index in [0.717, 1.165) is 6.07 Å². The molecule has 7 nitrogen and oxygen atoms in total. The third-order valence-corrected chi connectivity index (χ3v) is 1.95. The summed E-state index contributed by atoms with van der Waals surface area (Å²) in [5, 5.41) is 20.5. The molecule has 2 N–H and O–H groups in total. The van der Waals surface area contributed by atoms with Gasteiger partial charge in [0.25, 0.3) is 5.69 Å². The van der Waals surface area contributed by atoms with Crippen LogP contribution in [0.4, 0.5) is 24.5 Å². The highest BCUT2D eigenvalue weighted by Crippen LogP contribution is 2.24. The van der Waals surface area contributed by atoms with Crippen molar-refractivity contribution >= 4 is 23.3 Å². The van der Waals surface area contributed by atoms with Crippen LogP contribution in [0.5, 0.6) is 0 Å². The van der Waals surface area contributed by atoms with Gasteiger partial charge in [-0.3, -0.25) is 14.9 Å². The average molecular weight is 278 g/mol. The lowest BCUT2D eigenvalue weighted by atomic mass is 10.1. The maximum atomic E-state index is 12.0. The minimum Gasteiger partial charge on any atom is -0.478 e. The molecule has 102 valence electrons. The Bertz CT molecular complexity index is 555. The Labute approximate surface area is 102 Å². The van der Waals surface area contributed by atoms with Gasteiger partial charge in [-0.2, -0.15) is 13.2 Å². The Morgan fingerprint density at radius 3 is 2.32 bits per heavy atom. The number of carbonyl (C=O) groups is 2. The second kappa shape index (κ2) is 4.92. The number of carboxylic acid groups (broad SMARTS) is 1. The van der Waals surface area contributed by atoms with Gasteiger partial charge >= 0.3 is 18.1 Å². The van der Waals surface area contributed by atoms with E-state index in [1.165, 1.54) is 5.32 Å². The van der Waals surface area contributed by atoms with Gasteiger partial charge in [0.05, 0.1) is 16.2 Å². The van der Waals surface area contributed by atoms with Crippen LogP contribution >= 0.6 is 0 Å². The van der Waals surface area contributed by atoms with Gasteiger partial charge in [0.15, 0.2) is 0 Å². The fraction of sp³-hybridized carbons (Fsp3) is 0.111. The monoisotopic (exact) mass is 278 g/mol. The largest absolute Gasteiger partial charge is 0.478 e. The molecule has 0 heterocycles. The van der Waals surface area contributed by atoms with Crippen molar-refractivity contribution in [2.75, 3.05) is 5.32 Å². The van der Waals surface area contributed by atoms with Crippen LogP contribution in [0.2, 0.25) is 0 Å². The summed E-state index contributed by atoms with van der Waals surface area (Å²) in [6.07, 6.45) is -5.20. The van der Waals surface area contributed by atoms with Crippen LogP contribution in [-0.2, 0) is 4.79 Å². The molecule has 1 rings (SSSR count). The zero-order valence-corrected chi connectivity index (χ0v) is 8.89. The number of hydrogen-bond donors (Lipinski definition) is 2. The number of nitrogens with one attached hydrogen (secondary N) is 1. The molecular formula is C9H5F3N2O5. The van der Waals surface area contributed by atoms with E-state index in [0.29, 0.717) is 12.1 Å². The quantitative estimate of drug-likeness (QED) is 0.647. The summed E-state index contributed by atoms with van der Waals surface area (Å²) in [7, 11) is 0. The van der Waals surface area contributed by atoms with Crippen molar-refractivity contribution in [3.8, 4) is 0 Å². The van der Waals surface area contributed by atoms with Crippen LogP contribution in [0.25, 0.3) is 0 Å². The van der Waals surface area contributed by atoms with Crippen molar-refractivity contribution in [3.05, 3.63) is 33.9 Å². The smallest absolute Gasteiger partial charge is 0.471 e. The molecule has 1 aromatic carbocycles. The van der Waals surface area contributed by atoms with Crippen LogP contribution in [0.1, 0.15) is 10.4 Å². The highest BCUT2D eigenvalue weighted by atomic mass is 19.4. The molecule has 0 aliphatic rings. The first-order valence-corrected chi connectivity index (χ1v) is 4.53. The first-order chi connectivity index (χ1) is 8.62. The molecule has 1 amide bonds. The highest BCUT2D eigenvalue weighted by Gasteiger charge is 2.39. The van der Waals surface area contributed by atoms with Crippen LogP contribution < -0.4 is 5.32 Å². The van der Waals surface area contributed by atoms with Crippen molar-refractivity contribution in [3.63, 3.8) is 0 Å². The maximum Gasteiger partial charge on any atom is 0.471 e. The SMILES string of the molecule is O=C(O)c1cc([N+](=O)[O-])ccc1NC(=O)C(F)(F)F. The van der Waals surface area contributed by atoms with Crippen LogP contribution in [0.3, 0.4) is 0 Å². The molecule has 19 heavy (non-hydrogen) atoms. The number of rotatable bonds is 3. The summed E-state index contributed by atoms with van der Waals surface area (Å²) in [5.74, 6) is -4.08. The highest BCUT2D eigenvalue weighted by molar-refractivity contribution is 6.02. The van der Waals surface area contributed by atoms with Gasteiger partial charge < -0.3 is 10.4 Å². The lowest BCUT2D eigenvalue weighted by molar-refractivity contribution is -0.384. The Hall–Kier alpha value is -2.65. The van der Waals surface area contributed by atoms with Gasteiger partial charge in [-0.05, 0) is 6.07 Å². The Balaban J connectivity index is 3.18. The number of aromatic carboxylic acids is 1. The molecule has 1 aromatic rings. The summed E-state index contributed by atoms with van der Waals surface area (Å²) >= 11 is 0. The average Bonchev–Trinajstić information content (AvgIpc) is 2.27. The zero-order valence-electron chi connectivity index (χ0n) is 8.89. The summed E-state index contributed by atoms with van der Waals surface area (Å²) in [5.41, 5.74) is -2.12. The molecule has 0 saturated heterocycles. The zero-order chi connectivity index (χ0) is 14.8. The maximum absolute atomic E-state index is 12.0. The molecule has 0 bridgehead atoms. The number of non-ortho nitro benzene ring substituents is 1. The normalized spacial score (nSPS) is 10.9.